The molecule has 0 aromatic heterocycles. The van der Waals surface area contributed by atoms with Crippen molar-refractivity contribution in [1.82, 2.24) is 10.2 Å². The van der Waals surface area contributed by atoms with Gasteiger partial charge in [-0.1, -0.05) is 19.1 Å². The molecule has 1 saturated heterocycles. The molecule has 1 aromatic carbocycles. The summed E-state index contributed by atoms with van der Waals surface area (Å²) in [5.41, 5.74) is 1.52. The number of halogens is 5. The van der Waals surface area contributed by atoms with Gasteiger partial charge in [0.05, 0.1) is 0 Å². The van der Waals surface area contributed by atoms with Gasteiger partial charge in [-0.2, -0.15) is 13.2 Å². The average molecular weight is 507 g/mol. The molecule has 2 aliphatic carbocycles. The number of carboxylic acids is 1. The second-order valence-electron chi connectivity index (χ2n) is 10.1. The first-order chi connectivity index (χ1) is 16.3. The molecule has 0 unspecified atom stereocenters. The number of nitrogens with one attached hydrogen (secondary N) is 1. The highest BCUT2D eigenvalue weighted by molar-refractivity contribution is 5.85. The van der Waals surface area contributed by atoms with Gasteiger partial charge in [-0.3, -0.25) is 9.69 Å². The van der Waals surface area contributed by atoms with Crippen LogP contribution in [0.1, 0.15) is 51.0 Å². The fourth-order valence-electron chi connectivity index (χ4n) is 4.56. The van der Waals surface area contributed by atoms with Crippen molar-refractivity contribution < 1.29 is 41.4 Å². The second-order valence-corrected chi connectivity index (χ2v) is 10.1. The van der Waals surface area contributed by atoms with Gasteiger partial charge < -0.3 is 15.2 Å². The van der Waals surface area contributed by atoms with Crippen LogP contribution in [0.4, 0.5) is 22.0 Å². The number of nitrogens with zero attached hydrogens (tertiary/aromatic N) is 1. The van der Waals surface area contributed by atoms with Crippen molar-refractivity contribution in [3.63, 3.8) is 0 Å². The maximum Gasteiger partial charge on any atom is 0.490 e. The highest BCUT2D eigenvalue weighted by Gasteiger charge is 2.50. The highest BCUT2D eigenvalue weighted by atomic mass is 19.4. The number of carbonyl (C=O) groups excluding carboxylic acids is 1. The van der Waals surface area contributed by atoms with Gasteiger partial charge in [0.25, 0.3) is 6.43 Å². The quantitative estimate of drug-likeness (QED) is 0.528. The summed E-state index contributed by atoms with van der Waals surface area (Å²) in [6.07, 6.45) is -0.844. The number of carbonyl (C=O) groups is 2. The van der Waals surface area contributed by atoms with Crippen LogP contribution in [0, 0.1) is 10.8 Å². The van der Waals surface area contributed by atoms with Crippen molar-refractivity contribution in [2.75, 3.05) is 19.7 Å². The van der Waals surface area contributed by atoms with Crippen molar-refractivity contribution >= 4 is 11.9 Å². The molecule has 2 N–H and O–H groups in total. The number of aliphatic carboxylic acids is 1. The van der Waals surface area contributed by atoms with Crippen LogP contribution in [0.15, 0.2) is 24.3 Å². The molecule has 1 aliphatic heterocycles. The van der Waals surface area contributed by atoms with Gasteiger partial charge in [-0.15, -0.1) is 0 Å². The Bertz CT molecular complexity index is 871. The monoisotopic (exact) mass is 506 g/mol. The highest BCUT2D eigenvalue weighted by Crippen LogP contribution is 2.51. The smallest absolute Gasteiger partial charge is 0.488 e. The molecule has 196 valence electrons. The molecule has 0 radical (unpaired) electrons. The van der Waals surface area contributed by atoms with Crippen LogP contribution >= 0.6 is 0 Å². The fraction of sp³-hybridized carbons (Fsp3) is 0.667. The van der Waals surface area contributed by atoms with E-state index in [4.69, 9.17) is 14.6 Å². The lowest BCUT2D eigenvalue weighted by Gasteiger charge is -2.52. The number of hydrogen-bond donors (Lipinski definition) is 2. The summed E-state index contributed by atoms with van der Waals surface area (Å²) in [5.74, 6) is -2.01. The zero-order valence-corrected chi connectivity index (χ0v) is 19.5. The van der Waals surface area contributed by atoms with E-state index in [1.165, 1.54) is 18.4 Å². The maximum absolute atomic E-state index is 12.2. The summed E-state index contributed by atoms with van der Waals surface area (Å²) in [7, 11) is 0. The Morgan fingerprint density at radius 2 is 1.66 bits per heavy atom. The maximum atomic E-state index is 12.2. The van der Waals surface area contributed by atoms with Crippen molar-refractivity contribution in [3.05, 3.63) is 29.8 Å². The Morgan fingerprint density at radius 3 is 2.11 bits per heavy atom. The SMILES string of the molecule is CC1(C(=O)NC2CC3(CCN(Cc4ccc(OCC(F)F)cc4)CC3)C2)CC1.O=C(O)C(F)(F)F. The zero-order chi connectivity index (χ0) is 25.9. The molecule has 1 heterocycles. The van der Waals surface area contributed by atoms with E-state index in [2.05, 4.69) is 17.1 Å². The van der Waals surface area contributed by atoms with Crippen LogP contribution in [-0.2, 0) is 16.1 Å². The van der Waals surface area contributed by atoms with E-state index in [9.17, 15) is 26.7 Å². The van der Waals surface area contributed by atoms with E-state index in [1.807, 2.05) is 12.1 Å². The molecule has 4 rings (SSSR count). The second kappa shape index (κ2) is 10.7. The van der Waals surface area contributed by atoms with Crippen LogP contribution in [0.5, 0.6) is 5.75 Å². The number of piperidine rings is 1. The normalized spacial score (nSPS) is 21.0. The number of rotatable bonds is 7. The zero-order valence-electron chi connectivity index (χ0n) is 19.5. The Hall–Kier alpha value is -2.43. The minimum atomic E-state index is -5.08. The first-order valence-electron chi connectivity index (χ1n) is 11.6. The van der Waals surface area contributed by atoms with Gasteiger partial charge in [-0.25, -0.2) is 13.6 Å². The number of hydrogen-bond acceptors (Lipinski definition) is 4. The van der Waals surface area contributed by atoms with Crippen LogP contribution in [0.2, 0.25) is 0 Å². The third-order valence-electron chi connectivity index (χ3n) is 7.11. The molecule has 0 atom stereocenters. The molecule has 3 aliphatic rings. The summed E-state index contributed by atoms with van der Waals surface area (Å²) in [4.78, 5) is 23.5. The Kier molecular flexibility index (Phi) is 8.28. The Labute approximate surface area is 200 Å². The molecule has 1 spiro atoms. The minimum absolute atomic E-state index is 0.0772. The van der Waals surface area contributed by atoms with Gasteiger partial charge in [0, 0.05) is 18.0 Å². The topological polar surface area (TPSA) is 78.9 Å². The van der Waals surface area contributed by atoms with E-state index >= 15 is 0 Å². The molecular formula is C24H31F5N2O4. The minimum Gasteiger partial charge on any atom is -0.488 e. The van der Waals surface area contributed by atoms with Gasteiger partial charge in [-0.05, 0) is 74.7 Å². The third kappa shape index (κ3) is 7.78. The van der Waals surface area contributed by atoms with Gasteiger partial charge in [0.1, 0.15) is 12.4 Å². The Balaban J connectivity index is 0.000000429. The molecule has 1 amide bonds. The molecule has 1 aromatic rings. The number of amides is 1. The summed E-state index contributed by atoms with van der Waals surface area (Å²) < 4.78 is 61.2. The van der Waals surface area contributed by atoms with Gasteiger partial charge in [0.15, 0.2) is 0 Å². The summed E-state index contributed by atoms with van der Waals surface area (Å²) in [6, 6.07) is 7.82. The fourth-order valence-corrected chi connectivity index (χ4v) is 4.56. The number of carboxylic acid groups (broad SMARTS) is 1. The summed E-state index contributed by atoms with van der Waals surface area (Å²) in [6.45, 7) is 4.52. The van der Waals surface area contributed by atoms with E-state index in [0.717, 1.165) is 45.3 Å². The molecular weight excluding hydrogens is 475 g/mol. The van der Waals surface area contributed by atoms with Crippen LogP contribution in [0.25, 0.3) is 0 Å². The molecule has 0 bridgehead atoms. The van der Waals surface area contributed by atoms with Crippen molar-refractivity contribution in [3.8, 4) is 5.75 Å². The van der Waals surface area contributed by atoms with E-state index in [-0.39, 0.29) is 11.3 Å². The summed E-state index contributed by atoms with van der Waals surface area (Å²) >= 11 is 0. The third-order valence-corrected chi connectivity index (χ3v) is 7.11. The number of alkyl halides is 5. The van der Waals surface area contributed by atoms with E-state index < -0.39 is 25.2 Å². The number of benzene rings is 1. The molecule has 11 heteroatoms. The first kappa shape index (κ1) is 27.2. The summed E-state index contributed by atoms with van der Waals surface area (Å²) in [5, 5.41) is 10.4. The lowest BCUT2D eigenvalue weighted by molar-refractivity contribution is -0.192. The largest absolute Gasteiger partial charge is 0.490 e. The lowest BCUT2D eigenvalue weighted by atomic mass is 9.60. The average Bonchev–Trinajstić information content (AvgIpc) is 3.52. The predicted molar refractivity (Wildman–Crippen MR) is 117 cm³/mol. The van der Waals surface area contributed by atoms with E-state index in [0.29, 0.717) is 17.2 Å². The van der Waals surface area contributed by atoms with E-state index in [1.54, 1.807) is 12.1 Å². The lowest BCUT2D eigenvalue weighted by Crippen LogP contribution is -2.55. The molecule has 2 saturated carbocycles. The van der Waals surface area contributed by atoms with Gasteiger partial charge >= 0.3 is 12.1 Å². The van der Waals surface area contributed by atoms with Crippen molar-refractivity contribution in [2.24, 2.45) is 10.8 Å². The van der Waals surface area contributed by atoms with Crippen LogP contribution in [-0.4, -0.2) is 60.2 Å². The molecule has 3 fully saturated rings. The molecule has 35 heavy (non-hydrogen) atoms. The predicted octanol–water partition coefficient (Wildman–Crippen LogP) is 4.62. The first-order valence-corrected chi connectivity index (χ1v) is 11.6. The number of likely N-dealkylation sites (tertiary alicyclic amines) is 1. The van der Waals surface area contributed by atoms with Crippen LogP contribution in [0.3, 0.4) is 0 Å². The Morgan fingerprint density at radius 1 is 1.11 bits per heavy atom. The van der Waals surface area contributed by atoms with Crippen molar-refractivity contribution in [1.29, 1.82) is 0 Å². The van der Waals surface area contributed by atoms with Gasteiger partial charge in [0.2, 0.25) is 5.91 Å². The van der Waals surface area contributed by atoms with Crippen LogP contribution < -0.4 is 10.1 Å². The number of ether oxygens (including phenoxy) is 1. The molecule has 6 nitrogen and oxygen atoms in total. The standard InChI is InChI=1S/C22H30F2N2O2.C2HF3O2/c1-21(6-7-21)20(27)25-17-12-22(13-17)8-10-26(11-9-22)14-16-2-4-18(5-3-16)28-15-19(23)24;3-2(4,5)1(6)7/h2-5,17,19H,6-15H2,1H3,(H,25,27);(H,6,7). The van der Waals surface area contributed by atoms with Crippen molar-refractivity contribution in [2.45, 2.75) is 70.6 Å².